The highest BCUT2D eigenvalue weighted by Gasteiger charge is 2.52. The zero-order chi connectivity index (χ0) is 16.5. The summed E-state index contributed by atoms with van der Waals surface area (Å²) in [4.78, 5) is 0. The summed E-state index contributed by atoms with van der Waals surface area (Å²) < 4.78 is 17.7. The van der Waals surface area contributed by atoms with E-state index in [2.05, 4.69) is 0 Å². The molecule has 1 aliphatic rings. The third-order valence-corrected chi connectivity index (χ3v) is 4.70. The molecule has 1 fully saturated rings. The maximum atomic E-state index is 6.20. The van der Waals surface area contributed by atoms with Crippen LogP contribution in [0.5, 0.6) is 5.75 Å². The summed E-state index contributed by atoms with van der Waals surface area (Å²) in [6.07, 6.45) is 0.652. The zero-order valence-electron chi connectivity index (χ0n) is 14.4. The molecule has 1 aromatic carbocycles. The van der Waals surface area contributed by atoms with E-state index in [4.69, 9.17) is 31.4 Å². The lowest BCUT2D eigenvalue weighted by atomic mass is 9.77. The van der Waals surface area contributed by atoms with Crippen LogP contribution >= 0.6 is 24.0 Å². The fourth-order valence-electron chi connectivity index (χ4n) is 2.28. The molecule has 0 spiro atoms. The Kier molecular flexibility index (Phi) is 6.82. The fourth-order valence-corrected chi connectivity index (χ4v) is 2.51. The number of benzene rings is 1. The summed E-state index contributed by atoms with van der Waals surface area (Å²) in [7, 11) is -0.403. The molecule has 1 heterocycles. The van der Waals surface area contributed by atoms with Crippen molar-refractivity contribution in [1.82, 2.24) is 0 Å². The first-order chi connectivity index (χ1) is 10.1. The van der Waals surface area contributed by atoms with E-state index in [0.29, 0.717) is 18.1 Å². The molecule has 0 radical (unpaired) electrons. The van der Waals surface area contributed by atoms with E-state index in [1.165, 1.54) is 0 Å². The van der Waals surface area contributed by atoms with Crippen molar-refractivity contribution in [2.45, 2.75) is 58.2 Å². The lowest BCUT2D eigenvalue weighted by molar-refractivity contribution is 0.00578. The minimum Gasteiger partial charge on any atom is -0.493 e. The molecule has 1 atom stereocenters. The van der Waals surface area contributed by atoms with Crippen LogP contribution in [0, 0.1) is 6.92 Å². The summed E-state index contributed by atoms with van der Waals surface area (Å²) in [5, 5.41) is 0.707. The van der Waals surface area contributed by atoms with Gasteiger partial charge in [0.1, 0.15) is 5.75 Å². The van der Waals surface area contributed by atoms with Crippen molar-refractivity contribution in [3.63, 3.8) is 0 Å². The number of halogens is 2. The molecule has 2 N–H and O–H groups in total. The first kappa shape index (κ1) is 20.6. The summed E-state index contributed by atoms with van der Waals surface area (Å²) in [5.41, 5.74) is 6.49. The molecule has 4 nitrogen and oxygen atoms in total. The average molecular weight is 362 g/mol. The third kappa shape index (κ3) is 4.77. The zero-order valence-corrected chi connectivity index (χ0v) is 16.0. The number of hydrogen-bond acceptors (Lipinski definition) is 4. The van der Waals surface area contributed by atoms with Crippen molar-refractivity contribution in [2.24, 2.45) is 5.73 Å². The average Bonchev–Trinajstić information content (AvgIpc) is 2.61. The Morgan fingerprint density at radius 3 is 2.30 bits per heavy atom. The number of hydrogen-bond donors (Lipinski definition) is 1. The van der Waals surface area contributed by atoms with Crippen LogP contribution in [0.1, 0.15) is 39.7 Å². The van der Waals surface area contributed by atoms with Gasteiger partial charge in [-0.25, -0.2) is 0 Å². The van der Waals surface area contributed by atoms with Crippen molar-refractivity contribution in [1.29, 1.82) is 0 Å². The first-order valence-corrected chi connectivity index (χ1v) is 8.00. The molecule has 0 amide bonds. The lowest BCUT2D eigenvalue weighted by Crippen LogP contribution is -2.42. The van der Waals surface area contributed by atoms with E-state index < -0.39 is 7.12 Å². The van der Waals surface area contributed by atoms with Gasteiger partial charge in [0.2, 0.25) is 0 Å². The van der Waals surface area contributed by atoms with Crippen molar-refractivity contribution >= 4 is 31.1 Å². The summed E-state index contributed by atoms with van der Waals surface area (Å²) in [6.45, 7) is 10.6. The number of nitrogens with two attached hydrogens (primary N) is 1. The number of ether oxygens (including phenoxy) is 1. The molecule has 0 unspecified atom stereocenters. The van der Waals surface area contributed by atoms with E-state index in [-0.39, 0.29) is 29.6 Å². The predicted molar refractivity (Wildman–Crippen MR) is 97.6 cm³/mol. The summed E-state index contributed by atoms with van der Waals surface area (Å²) in [6, 6.07) is 5.57. The number of rotatable bonds is 5. The van der Waals surface area contributed by atoms with Crippen LogP contribution in [0.4, 0.5) is 0 Å². The molecule has 1 saturated heterocycles. The molecule has 130 valence electrons. The van der Waals surface area contributed by atoms with Crippen LogP contribution in [0.3, 0.4) is 0 Å². The number of aryl methyl sites for hydroxylation is 1. The van der Waals surface area contributed by atoms with Crippen molar-refractivity contribution in [2.75, 3.05) is 6.61 Å². The van der Waals surface area contributed by atoms with Crippen LogP contribution in [-0.4, -0.2) is 30.9 Å². The normalized spacial score (nSPS) is 20.0. The standard InChI is InChI=1S/C16H25BClNO3.ClH/c1-11-10-12(18)6-7-13(11)20-9-8-14(19)17-21-15(2,3)16(4,5)22-17;/h6-7,10,14H,8-9,19H2,1-5H3;1H/t14-;/m0./s1. The van der Waals surface area contributed by atoms with E-state index in [1.54, 1.807) is 0 Å². The van der Waals surface area contributed by atoms with E-state index in [9.17, 15) is 0 Å². The highest BCUT2D eigenvalue weighted by Crippen LogP contribution is 2.37. The van der Waals surface area contributed by atoms with E-state index in [0.717, 1.165) is 11.3 Å². The van der Waals surface area contributed by atoms with Crippen LogP contribution < -0.4 is 10.5 Å². The Bertz CT molecular complexity index is 524. The highest BCUT2D eigenvalue weighted by molar-refractivity contribution is 6.47. The van der Waals surface area contributed by atoms with Gasteiger partial charge in [-0.15, -0.1) is 12.4 Å². The second kappa shape index (κ2) is 7.62. The van der Waals surface area contributed by atoms with Gasteiger partial charge in [0.15, 0.2) is 0 Å². The first-order valence-electron chi connectivity index (χ1n) is 7.62. The van der Waals surface area contributed by atoms with Crippen molar-refractivity contribution in [3.05, 3.63) is 28.8 Å². The maximum Gasteiger partial charge on any atom is 0.475 e. The van der Waals surface area contributed by atoms with Crippen LogP contribution in [0.2, 0.25) is 5.02 Å². The van der Waals surface area contributed by atoms with Gasteiger partial charge < -0.3 is 19.8 Å². The van der Waals surface area contributed by atoms with Crippen molar-refractivity contribution in [3.8, 4) is 5.75 Å². The third-order valence-electron chi connectivity index (χ3n) is 4.47. The minimum absolute atomic E-state index is 0. The molecule has 23 heavy (non-hydrogen) atoms. The van der Waals surface area contributed by atoms with Gasteiger partial charge in [-0.2, -0.15) is 0 Å². The molecule has 7 heteroatoms. The summed E-state index contributed by atoms with van der Waals surface area (Å²) in [5.74, 6) is 0.596. The van der Waals surface area contributed by atoms with Crippen LogP contribution in [0.15, 0.2) is 18.2 Å². The summed E-state index contributed by atoms with van der Waals surface area (Å²) >= 11 is 5.93. The van der Waals surface area contributed by atoms with Gasteiger partial charge in [-0.1, -0.05) is 11.6 Å². The lowest BCUT2D eigenvalue weighted by Gasteiger charge is -2.32. The van der Waals surface area contributed by atoms with Crippen molar-refractivity contribution < 1.29 is 14.0 Å². The molecular weight excluding hydrogens is 336 g/mol. The Labute approximate surface area is 150 Å². The predicted octanol–water partition coefficient (Wildman–Crippen LogP) is 3.80. The van der Waals surface area contributed by atoms with Gasteiger partial charge in [-0.05, 0) is 64.8 Å². The second-order valence-corrected chi connectivity index (χ2v) is 7.27. The largest absolute Gasteiger partial charge is 0.493 e. The van der Waals surface area contributed by atoms with Gasteiger partial charge in [0.05, 0.1) is 17.8 Å². The minimum atomic E-state index is -0.403. The Morgan fingerprint density at radius 1 is 1.22 bits per heavy atom. The monoisotopic (exact) mass is 361 g/mol. The highest BCUT2D eigenvalue weighted by atomic mass is 35.5. The van der Waals surface area contributed by atoms with Gasteiger partial charge in [0.25, 0.3) is 0 Å². The maximum absolute atomic E-state index is 6.20. The topological polar surface area (TPSA) is 53.7 Å². The van der Waals surface area contributed by atoms with E-state index >= 15 is 0 Å². The quantitative estimate of drug-likeness (QED) is 0.810. The smallest absolute Gasteiger partial charge is 0.475 e. The van der Waals surface area contributed by atoms with E-state index in [1.807, 2.05) is 52.8 Å². The second-order valence-electron chi connectivity index (χ2n) is 6.84. The van der Waals surface area contributed by atoms with Crippen LogP contribution in [0.25, 0.3) is 0 Å². The molecule has 2 rings (SSSR count). The molecule has 0 aliphatic carbocycles. The van der Waals surface area contributed by atoms with Gasteiger partial charge in [0, 0.05) is 11.0 Å². The Balaban J connectivity index is 0.00000264. The molecule has 1 aromatic rings. The van der Waals surface area contributed by atoms with Gasteiger partial charge in [-0.3, -0.25) is 0 Å². The Hall–Kier alpha value is -0.455. The molecular formula is C16H26BCl2NO3. The molecule has 0 saturated carbocycles. The molecule has 0 bridgehead atoms. The fraction of sp³-hybridized carbons (Fsp3) is 0.625. The Morgan fingerprint density at radius 2 is 1.78 bits per heavy atom. The van der Waals surface area contributed by atoms with Gasteiger partial charge >= 0.3 is 7.12 Å². The molecule has 0 aromatic heterocycles. The van der Waals surface area contributed by atoms with Crippen LogP contribution in [-0.2, 0) is 9.31 Å². The molecule has 1 aliphatic heterocycles. The SMILES string of the molecule is Cc1cc(Cl)ccc1OCC[C@H](N)B1OC(C)(C)C(C)(C)O1.Cl.